The fraction of sp³-hybridized carbons (Fsp3) is 0.500. The van der Waals surface area contributed by atoms with Gasteiger partial charge in [-0.25, -0.2) is 0 Å². The monoisotopic (exact) mass is 594 g/mol. The second-order valence-electron chi connectivity index (χ2n) is 15.5. The molecule has 0 aliphatic carbocycles. The van der Waals surface area contributed by atoms with Crippen LogP contribution in [0.5, 0.6) is 0 Å². The SMILES string of the molecule is CCC(C)(C)c1cc(C(C)(C)CC)c2[nH]c(-c3ccc(-c4cc5cc(C(C)(C)CC)cc(C(C)(C)CC)c5[nH]4)s3)cc2c1. The van der Waals surface area contributed by atoms with Crippen molar-refractivity contribution >= 4 is 33.1 Å². The maximum Gasteiger partial charge on any atom is 0.0566 e. The summed E-state index contributed by atoms with van der Waals surface area (Å²) in [6.07, 6.45) is 4.44. The highest BCUT2D eigenvalue weighted by atomic mass is 32.1. The molecule has 2 nitrogen and oxygen atoms in total. The lowest BCUT2D eigenvalue weighted by atomic mass is 9.76. The number of benzene rings is 2. The summed E-state index contributed by atoms with van der Waals surface area (Å²) in [6, 6.07) is 19.1. The number of nitrogens with one attached hydrogen (secondary N) is 2. The molecule has 230 valence electrons. The Morgan fingerprint density at radius 3 is 1.16 bits per heavy atom. The quantitative estimate of drug-likeness (QED) is 0.161. The van der Waals surface area contributed by atoms with Gasteiger partial charge < -0.3 is 9.97 Å². The van der Waals surface area contributed by atoms with Gasteiger partial charge in [0, 0.05) is 21.8 Å². The van der Waals surface area contributed by atoms with Gasteiger partial charge in [0.1, 0.15) is 0 Å². The third-order valence-electron chi connectivity index (χ3n) is 11.2. The average Bonchev–Trinajstić information content (AvgIpc) is 3.73. The van der Waals surface area contributed by atoms with Crippen molar-refractivity contribution in [3.05, 3.63) is 70.8 Å². The number of H-pyrrole nitrogens is 2. The molecule has 0 atom stereocenters. The fourth-order valence-corrected chi connectivity index (χ4v) is 6.97. The lowest BCUT2D eigenvalue weighted by molar-refractivity contribution is 0.491. The van der Waals surface area contributed by atoms with Crippen LogP contribution < -0.4 is 0 Å². The molecular formula is C40H54N2S. The number of fused-ring (bicyclic) bond motifs is 2. The van der Waals surface area contributed by atoms with E-state index < -0.39 is 0 Å². The Bertz CT molecular complexity index is 1640. The van der Waals surface area contributed by atoms with E-state index in [1.807, 2.05) is 11.3 Å². The Kier molecular flexibility index (Phi) is 8.08. The molecule has 2 N–H and O–H groups in total. The molecule has 0 saturated heterocycles. The number of hydrogen-bond acceptors (Lipinski definition) is 1. The van der Waals surface area contributed by atoms with Crippen LogP contribution in [-0.4, -0.2) is 9.97 Å². The van der Waals surface area contributed by atoms with Crippen molar-refractivity contribution in [3.8, 4) is 21.1 Å². The van der Waals surface area contributed by atoms with E-state index in [0.29, 0.717) is 0 Å². The third kappa shape index (κ3) is 5.63. The fourth-order valence-electron chi connectivity index (χ4n) is 6.02. The Morgan fingerprint density at radius 2 is 0.837 bits per heavy atom. The van der Waals surface area contributed by atoms with Gasteiger partial charge in [0.15, 0.2) is 0 Å². The molecule has 0 unspecified atom stereocenters. The lowest BCUT2D eigenvalue weighted by Crippen LogP contribution is -2.20. The van der Waals surface area contributed by atoms with E-state index >= 15 is 0 Å². The molecule has 0 aliphatic rings. The van der Waals surface area contributed by atoms with Gasteiger partial charge in [-0.15, -0.1) is 11.3 Å². The summed E-state index contributed by atoms with van der Waals surface area (Å²) in [5, 5.41) is 2.65. The van der Waals surface area contributed by atoms with Gasteiger partial charge in [-0.1, -0.05) is 95.2 Å². The number of rotatable bonds is 10. The van der Waals surface area contributed by atoms with E-state index in [-0.39, 0.29) is 21.7 Å². The largest absolute Gasteiger partial charge is 0.354 e. The van der Waals surface area contributed by atoms with Crippen molar-refractivity contribution in [2.24, 2.45) is 0 Å². The van der Waals surface area contributed by atoms with Crippen LogP contribution in [0.3, 0.4) is 0 Å². The molecule has 0 radical (unpaired) electrons. The highest BCUT2D eigenvalue weighted by Crippen LogP contribution is 2.43. The van der Waals surface area contributed by atoms with Crippen LogP contribution in [0.4, 0.5) is 0 Å². The first-order chi connectivity index (χ1) is 20.1. The topological polar surface area (TPSA) is 31.6 Å². The minimum Gasteiger partial charge on any atom is -0.354 e. The Morgan fingerprint density at radius 1 is 0.488 bits per heavy atom. The number of aromatic nitrogens is 2. The normalized spacial score (nSPS) is 13.5. The van der Waals surface area contributed by atoms with Crippen LogP contribution in [0, 0.1) is 0 Å². The van der Waals surface area contributed by atoms with Crippen LogP contribution in [0.15, 0.2) is 48.5 Å². The molecule has 3 heterocycles. The predicted molar refractivity (Wildman–Crippen MR) is 192 cm³/mol. The van der Waals surface area contributed by atoms with Gasteiger partial charge in [0.25, 0.3) is 0 Å². The summed E-state index contributed by atoms with van der Waals surface area (Å²) >= 11 is 1.87. The molecule has 3 aromatic heterocycles. The highest BCUT2D eigenvalue weighted by Gasteiger charge is 2.28. The molecule has 2 aromatic carbocycles. The second kappa shape index (κ2) is 11.0. The summed E-state index contributed by atoms with van der Waals surface area (Å²) in [4.78, 5) is 10.3. The standard InChI is InChI=1S/C40H54N2S/c1-13-37(5,6)27-19-25-21-31(41-35(25)29(23-27)39(9,10)15-3)33-17-18-34(43-33)32-22-26-20-28(38(7,8)14-2)24-30(36(26)42-32)40(11,12)16-4/h17-24,41-42H,13-16H2,1-12H3. The van der Waals surface area contributed by atoms with Crippen LogP contribution in [0.2, 0.25) is 0 Å². The Labute approximate surface area is 264 Å². The van der Waals surface area contributed by atoms with Gasteiger partial charge in [0.05, 0.1) is 21.1 Å². The minimum atomic E-state index is 0.0976. The van der Waals surface area contributed by atoms with Crippen LogP contribution in [-0.2, 0) is 21.7 Å². The molecule has 5 rings (SSSR count). The van der Waals surface area contributed by atoms with Gasteiger partial charge in [-0.2, -0.15) is 0 Å². The molecule has 0 amide bonds. The average molecular weight is 595 g/mol. The second-order valence-corrected chi connectivity index (χ2v) is 16.5. The Hall–Kier alpha value is -2.78. The van der Waals surface area contributed by atoms with E-state index in [0.717, 1.165) is 25.7 Å². The smallest absolute Gasteiger partial charge is 0.0566 e. The summed E-state index contributed by atoms with van der Waals surface area (Å²) in [6.45, 7) is 28.2. The van der Waals surface area contributed by atoms with E-state index in [4.69, 9.17) is 0 Å². The third-order valence-corrected chi connectivity index (χ3v) is 12.3. The minimum absolute atomic E-state index is 0.0976. The lowest BCUT2D eigenvalue weighted by Gasteiger charge is -2.29. The molecule has 3 heteroatoms. The van der Waals surface area contributed by atoms with Crippen LogP contribution in [0.25, 0.3) is 42.9 Å². The molecule has 0 bridgehead atoms. The van der Waals surface area contributed by atoms with Gasteiger partial charge in [-0.3, -0.25) is 0 Å². The van der Waals surface area contributed by atoms with Crippen molar-refractivity contribution in [2.75, 3.05) is 0 Å². The molecule has 0 spiro atoms. The molecule has 5 aromatic rings. The van der Waals surface area contributed by atoms with E-state index in [2.05, 4.69) is 142 Å². The van der Waals surface area contributed by atoms with Crippen LogP contribution >= 0.6 is 11.3 Å². The summed E-state index contributed by atoms with van der Waals surface area (Å²) in [7, 11) is 0. The predicted octanol–water partition coefficient (Wildman–Crippen LogP) is 12.8. The molecular weight excluding hydrogens is 541 g/mol. The highest BCUT2D eigenvalue weighted by molar-refractivity contribution is 7.18. The summed E-state index contributed by atoms with van der Waals surface area (Å²) in [5.74, 6) is 0. The van der Waals surface area contributed by atoms with Crippen molar-refractivity contribution in [2.45, 2.75) is 130 Å². The van der Waals surface area contributed by atoms with E-state index in [1.54, 1.807) is 0 Å². The number of aromatic amines is 2. The van der Waals surface area contributed by atoms with E-state index in [9.17, 15) is 0 Å². The zero-order chi connectivity index (χ0) is 31.5. The maximum atomic E-state index is 3.88. The van der Waals surface area contributed by atoms with Gasteiger partial charge in [0.2, 0.25) is 0 Å². The first-order valence-corrected chi connectivity index (χ1v) is 17.3. The van der Waals surface area contributed by atoms with Crippen LogP contribution in [0.1, 0.15) is 131 Å². The summed E-state index contributed by atoms with van der Waals surface area (Å²) in [5.41, 5.74) is 11.2. The summed E-state index contributed by atoms with van der Waals surface area (Å²) < 4.78 is 0. The first kappa shape index (κ1) is 31.6. The van der Waals surface area contributed by atoms with Gasteiger partial charge in [-0.05, 0) is 106 Å². The van der Waals surface area contributed by atoms with E-state index in [1.165, 1.54) is 65.2 Å². The van der Waals surface area contributed by atoms with Crippen molar-refractivity contribution in [3.63, 3.8) is 0 Å². The molecule has 0 aliphatic heterocycles. The molecule has 0 fully saturated rings. The Balaban J connectivity index is 1.62. The number of hydrogen-bond donors (Lipinski definition) is 2. The van der Waals surface area contributed by atoms with Crippen molar-refractivity contribution < 1.29 is 0 Å². The zero-order valence-electron chi connectivity index (χ0n) is 28.9. The van der Waals surface area contributed by atoms with Crippen molar-refractivity contribution in [1.29, 1.82) is 0 Å². The first-order valence-electron chi connectivity index (χ1n) is 16.5. The zero-order valence-corrected chi connectivity index (χ0v) is 29.7. The number of thiophene rings is 1. The van der Waals surface area contributed by atoms with Gasteiger partial charge >= 0.3 is 0 Å². The van der Waals surface area contributed by atoms with Crippen molar-refractivity contribution in [1.82, 2.24) is 9.97 Å². The maximum absolute atomic E-state index is 3.88. The molecule has 43 heavy (non-hydrogen) atoms. The molecule has 0 saturated carbocycles.